The molecule has 1 aromatic carbocycles. The molecule has 0 spiro atoms. The van der Waals surface area contributed by atoms with Gasteiger partial charge in [0.1, 0.15) is 11.1 Å². The van der Waals surface area contributed by atoms with Crippen LogP contribution in [0.1, 0.15) is 56.9 Å². The Morgan fingerprint density at radius 1 is 1.13 bits per heavy atom. The van der Waals surface area contributed by atoms with Crippen molar-refractivity contribution in [3.63, 3.8) is 0 Å². The van der Waals surface area contributed by atoms with Crippen LogP contribution in [0.15, 0.2) is 52.9 Å². The number of benzene rings is 1. The zero-order chi connectivity index (χ0) is 22.4. The molecule has 0 saturated carbocycles. The minimum atomic E-state index is -0.582. The maximum absolute atomic E-state index is 12.9. The van der Waals surface area contributed by atoms with Crippen LogP contribution in [0.25, 0.3) is 0 Å². The number of amides is 2. The molecule has 0 bridgehead atoms. The second kappa shape index (κ2) is 10.2. The van der Waals surface area contributed by atoms with Crippen molar-refractivity contribution in [2.45, 2.75) is 39.8 Å². The molecule has 2 heterocycles. The van der Waals surface area contributed by atoms with E-state index in [2.05, 4.69) is 15.6 Å². The van der Waals surface area contributed by atoms with Crippen LogP contribution in [0, 0.1) is 6.92 Å². The molecule has 1 atom stereocenters. The predicted octanol–water partition coefficient (Wildman–Crippen LogP) is 3.10. The van der Waals surface area contributed by atoms with Crippen molar-refractivity contribution < 1.29 is 9.59 Å². The van der Waals surface area contributed by atoms with Crippen LogP contribution in [0.5, 0.6) is 0 Å². The molecular weight excluding hydrogens is 412 g/mol. The van der Waals surface area contributed by atoms with Gasteiger partial charge in [-0.3, -0.25) is 14.4 Å². The number of aromatic nitrogens is 2. The number of hydrogen-bond donors (Lipinski definition) is 2. The number of nitrogens with one attached hydrogen (secondary N) is 2. The molecular formula is C23H26N4O3S. The Hall–Kier alpha value is -3.26. The molecule has 31 heavy (non-hydrogen) atoms. The van der Waals surface area contributed by atoms with E-state index in [0.717, 1.165) is 16.3 Å². The van der Waals surface area contributed by atoms with E-state index in [1.165, 1.54) is 23.7 Å². The molecule has 3 rings (SSSR count). The van der Waals surface area contributed by atoms with Crippen molar-refractivity contribution in [2.75, 3.05) is 6.54 Å². The van der Waals surface area contributed by atoms with Crippen LogP contribution in [0.2, 0.25) is 0 Å². The monoisotopic (exact) mass is 438 g/mol. The average Bonchev–Trinajstić information content (AvgIpc) is 3.20. The minimum absolute atomic E-state index is 0.0419. The second-order valence-corrected chi connectivity index (χ2v) is 8.30. The molecule has 0 radical (unpaired) electrons. The van der Waals surface area contributed by atoms with Crippen LogP contribution in [-0.4, -0.2) is 27.9 Å². The molecule has 3 aromatic rings. The lowest BCUT2D eigenvalue weighted by Crippen LogP contribution is -2.36. The van der Waals surface area contributed by atoms with Crippen LogP contribution in [0.3, 0.4) is 0 Å². The van der Waals surface area contributed by atoms with Gasteiger partial charge in [-0.05, 0) is 32.8 Å². The summed E-state index contributed by atoms with van der Waals surface area (Å²) in [5.74, 6) is -1.01. The summed E-state index contributed by atoms with van der Waals surface area (Å²) >= 11 is 1.50. The Morgan fingerprint density at radius 3 is 2.42 bits per heavy atom. The Bertz CT molecular complexity index is 1120. The molecule has 162 valence electrons. The molecule has 0 aliphatic heterocycles. The Labute approximate surface area is 185 Å². The van der Waals surface area contributed by atoms with Crippen LogP contribution >= 0.6 is 11.3 Å². The van der Waals surface area contributed by atoms with Gasteiger partial charge in [-0.25, -0.2) is 4.98 Å². The van der Waals surface area contributed by atoms with Gasteiger partial charge in [0.05, 0.1) is 16.7 Å². The number of carbonyl (C=O) groups excluding carboxylic acids is 2. The zero-order valence-corrected chi connectivity index (χ0v) is 18.7. The van der Waals surface area contributed by atoms with E-state index >= 15 is 0 Å². The van der Waals surface area contributed by atoms with Crippen molar-refractivity contribution in [3.05, 3.63) is 85.7 Å². The Kier molecular flexibility index (Phi) is 7.36. The first-order valence-electron chi connectivity index (χ1n) is 10.2. The SMILES string of the molecule is CCNC(=O)c1cn(CCc2ccccc2)cc(C(=O)NC(C)c2csc(C)n2)c1=O. The van der Waals surface area contributed by atoms with Crippen molar-refractivity contribution in [1.29, 1.82) is 0 Å². The van der Waals surface area contributed by atoms with Gasteiger partial charge in [0.25, 0.3) is 11.8 Å². The number of thiazole rings is 1. The molecule has 0 saturated heterocycles. The number of pyridine rings is 1. The van der Waals surface area contributed by atoms with Crippen LogP contribution in [0.4, 0.5) is 0 Å². The van der Waals surface area contributed by atoms with Gasteiger partial charge in [-0.15, -0.1) is 11.3 Å². The third-order valence-electron chi connectivity index (χ3n) is 4.84. The second-order valence-electron chi connectivity index (χ2n) is 7.23. The Morgan fingerprint density at radius 2 is 1.81 bits per heavy atom. The van der Waals surface area contributed by atoms with E-state index in [4.69, 9.17) is 0 Å². The van der Waals surface area contributed by atoms with Crippen LogP contribution < -0.4 is 16.1 Å². The highest BCUT2D eigenvalue weighted by Crippen LogP contribution is 2.16. The summed E-state index contributed by atoms with van der Waals surface area (Å²) in [5.41, 5.74) is 1.18. The summed E-state index contributed by atoms with van der Waals surface area (Å²) < 4.78 is 1.73. The number of rotatable bonds is 8. The van der Waals surface area contributed by atoms with Gasteiger partial charge in [0.15, 0.2) is 0 Å². The van der Waals surface area contributed by atoms with E-state index in [-0.39, 0.29) is 17.2 Å². The number of nitrogens with zero attached hydrogens (tertiary/aromatic N) is 2. The standard InChI is InChI=1S/C23H26N4O3S/c1-4-24-22(29)18-12-27(11-10-17-8-6-5-7-9-17)13-19(21(18)28)23(30)25-15(2)20-14-31-16(3)26-20/h5-9,12-15H,4,10-11H2,1-3H3,(H,24,29)(H,25,30). The predicted molar refractivity (Wildman–Crippen MR) is 122 cm³/mol. The summed E-state index contributed by atoms with van der Waals surface area (Å²) in [7, 11) is 0. The Balaban J connectivity index is 1.89. The summed E-state index contributed by atoms with van der Waals surface area (Å²) in [6.07, 6.45) is 3.73. The topological polar surface area (TPSA) is 93.1 Å². The first-order chi connectivity index (χ1) is 14.9. The summed E-state index contributed by atoms with van der Waals surface area (Å²) in [6.45, 7) is 6.40. The van der Waals surface area contributed by atoms with E-state index in [9.17, 15) is 14.4 Å². The van der Waals surface area contributed by atoms with Gasteiger partial charge >= 0.3 is 0 Å². The average molecular weight is 439 g/mol. The van der Waals surface area contributed by atoms with Gasteiger partial charge in [-0.1, -0.05) is 30.3 Å². The third-order valence-corrected chi connectivity index (χ3v) is 5.63. The number of hydrogen-bond acceptors (Lipinski definition) is 5. The molecule has 2 amide bonds. The van der Waals surface area contributed by atoms with E-state index in [0.29, 0.717) is 19.5 Å². The highest BCUT2D eigenvalue weighted by molar-refractivity contribution is 7.09. The summed E-state index contributed by atoms with van der Waals surface area (Å²) in [6, 6.07) is 9.53. The first kappa shape index (κ1) is 22.4. The molecule has 0 fully saturated rings. The third kappa shape index (κ3) is 5.67. The van der Waals surface area contributed by atoms with Crippen molar-refractivity contribution in [3.8, 4) is 0 Å². The lowest BCUT2D eigenvalue weighted by molar-refractivity contribution is 0.0937. The van der Waals surface area contributed by atoms with E-state index in [1.807, 2.05) is 49.6 Å². The quantitative estimate of drug-likeness (QED) is 0.565. The summed E-state index contributed by atoms with van der Waals surface area (Å²) in [5, 5.41) is 8.25. The van der Waals surface area contributed by atoms with Crippen molar-refractivity contribution in [1.82, 2.24) is 20.2 Å². The molecule has 1 unspecified atom stereocenters. The fourth-order valence-corrected chi connectivity index (χ4v) is 3.88. The van der Waals surface area contributed by atoms with Gasteiger partial charge in [-0.2, -0.15) is 0 Å². The van der Waals surface area contributed by atoms with E-state index in [1.54, 1.807) is 11.5 Å². The zero-order valence-electron chi connectivity index (χ0n) is 17.8. The first-order valence-corrected chi connectivity index (χ1v) is 11.1. The van der Waals surface area contributed by atoms with Crippen LogP contribution in [-0.2, 0) is 13.0 Å². The minimum Gasteiger partial charge on any atom is -0.352 e. The van der Waals surface area contributed by atoms with Gasteiger partial charge < -0.3 is 15.2 Å². The molecule has 0 aliphatic rings. The van der Waals surface area contributed by atoms with Crippen molar-refractivity contribution in [2.24, 2.45) is 0 Å². The van der Waals surface area contributed by atoms with E-state index < -0.39 is 17.2 Å². The fourth-order valence-electron chi connectivity index (χ4n) is 3.17. The highest BCUT2D eigenvalue weighted by Gasteiger charge is 2.21. The van der Waals surface area contributed by atoms with Crippen molar-refractivity contribution >= 4 is 23.2 Å². The smallest absolute Gasteiger partial charge is 0.257 e. The largest absolute Gasteiger partial charge is 0.352 e. The lowest BCUT2D eigenvalue weighted by atomic mass is 10.1. The number of carbonyl (C=O) groups is 2. The highest BCUT2D eigenvalue weighted by atomic mass is 32.1. The molecule has 2 aromatic heterocycles. The summed E-state index contributed by atoms with van der Waals surface area (Å²) in [4.78, 5) is 42.7. The maximum Gasteiger partial charge on any atom is 0.257 e. The van der Waals surface area contributed by atoms with Gasteiger partial charge in [0.2, 0.25) is 5.43 Å². The number of aryl methyl sites for hydroxylation is 3. The molecule has 8 heteroatoms. The molecule has 0 aliphatic carbocycles. The molecule has 2 N–H and O–H groups in total. The maximum atomic E-state index is 12.9. The van der Waals surface area contributed by atoms with Gasteiger partial charge in [0, 0.05) is 30.9 Å². The molecule has 7 nitrogen and oxygen atoms in total. The fraction of sp³-hybridized carbons (Fsp3) is 0.304. The normalized spacial score (nSPS) is 11.7. The lowest BCUT2D eigenvalue weighted by Gasteiger charge is -2.15.